The number of hydrazone groups is 1. The highest BCUT2D eigenvalue weighted by molar-refractivity contribution is 14.1. The Morgan fingerprint density at radius 2 is 2.17 bits per heavy atom. The molecule has 0 atom stereocenters. The molecule has 0 fully saturated rings. The molecule has 4 N–H and O–H groups in total. The second-order valence-electron chi connectivity index (χ2n) is 4.05. The Kier molecular flexibility index (Phi) is 8.03. The lowest BCUT2D eigenvalue weighted by Gasteiger charge is -2.05. The number of hydrogen-bond donors (Lipinski definition) is 2. The van der Waals surface area contributed by atoms with Gasteiger partial charge in [-0.25, -0.2) is 9.38 Å². The lowest BCUT2D eigenvalue weighted by molar-refractivity contribution is -0.109. The number of Topliss-reactive ketones (excluding diaryl/α,β-unsaturated/α-hetero) is 1. The maximum atomic E-state index is 13.2. The summed E-state index contributed by atoms with van der Waals surface area (Å²) >= 11 is 5.11. The van der Waals surface area contributed by atoms with E-state index in [-0.39, 0.29) is 11.3 Å². The molecule has 0 radical (unpaired) electrons. The summed E-state index contributed by atoms with van der Waals surface area (Å²) in [4.78, 5) is 20.8. The smallest absolute Gasteiger partial charge is 0.217 e. The van der Waals surface area contributed by atoms with Gasteiger partial charge in [0.1, 0.15) is 16.1 Å². The fourth-order valence-corrected chi connectivity index (χ4v) is 2.67. The van der Waals surface area contributed by atoms with Gasteiger partial charge in [-0.3, -0.25) is 9.79 Å². The Labute approximate surface area is 154 Å². The molecule has 1 aromatic rings. The average molecular weight is 494 g/mol. The van der Waals surface area contributed by atoms with Crippen LogP contribution in [0, 0.1) is 9.39 Å². The van der Waals surface area contributed by atoms with Crippen molar-refractivity contribution in [2.75, 3.05) is 6.54 Å². The number of nitrogens with two attached hydrogens (primary N) is 2. The molecule has 1 aromatic carbocycles. The molecule has 0 aliphatic rings. The van der Waals surface area contributed by atoms with Crippen LogP contribution in [0.4, 0.5) is 10.1 Å². The number of nitrogens with zero attached hydrogens (tertiary/aromatic N) is 3. The van der Waals surface area contributed by atoms with E-state index in [1.165, 1.54) is 18.2 Å². The van der Waals surface area contributed by atoms with Crippen molar-refractivity contribution >= 4 is 66.5 Å². The van der Waals surface area contributed by atoms with Crippen LogP contribution in [0.1, 0.15) is 6.92 Å². The van der Waals surface area contributed by atoms with Crippen LogP contribution in [0.15, 0.2) is 45.1 Å². The number of allylic oxidation sites excluding steroid dienone is 1. The van der Waals surface area contributed by atoms with Gasteiger partial charge >= 0.3 is 0 Å². The topological polar surface area (TPSA) is 106 Å². The van der Waals surface area contributed by atoms with E-state index in [9.17, 15) is 9.18 Å². The predicted octanol–water partition coefficient (Wildman–Crippen LogP) is 2.67. The van der Waals surface area contributed by atoms with Crippen molar-refractivity contribution in [1.82, 2.24) is 0 Å². The van der Waals surface area contributed by atoms with Crippen LogP contribution in [-0.4, -0.2) is 28.9 Å². The van der Waals surface area contributed by atoms with Gasteiger partial charge in [-0.2, -0.15) is 5.10 Å². The summed E-state index contributed by atoms with van der Waals surface area (Å²) in [5, 5.41) is 3.35. The number of hydrogen-bond acceptors (Lipinski definition) is 6. The van der Waals surface area contributed by atoms with Gasteiger partial charge in [0, 0.05) is 16.3 Å². The molecule has 0 aromatic heterocycles. The van der Waals surface area contributed by atoms with Gasteiger partial charge in [0.15, 0.2) is 0 Å². The summed E-state index contributed by atoms with van der Waals surface area (Å²) in [5.41, 5.74) is 6.00. The van der Waals surface area contributed by atoms with Gasteiger partial charge in [-0.05, 0) is 63.6 Å². The zero-order chi connectivity index (χ0) is 17.4. The Morgan fingerprint density at radius 3 is 2.70 bits per heavy atom. The van der Waals surface area contributed by atoms with Crippen molar-refractivity contribution in [1.29, 1.82) is 0 Å². The quantitative estimate of drug-likeness (QED) is 0.209. The van der Waals surface area contributed by atoms with Crippen LogP contribution >= 0.6 is 38.5 Å². The van der Waals surface area contributed by atoms with Crippen LogP contribution in [0.25, 0.3) is 0 Å². The predicted molar refractivity (Wildman–Crippen MR) is 103 cm³/mol. The molecular formula is C14H14BrFIN5O. The molecule has 1 rings (SSSR count). The highest BCUT2D eigenvalue weighted by Gasteiger charge is 2.19. The van der Waals surface area contributed by atoms with Gasteiger partial charge < -0.3 is 11.6 Å². The van der Waals surface area contributed by atoms with Crippen LogP contribution in [0.5, 0.6) is 0 Å². The summed E-state index contributed by atoms with van der Waals surface area (Å²) in [6.45, 7) is 2.29. The number of aliphatic imine (C=N–C) groups is 2. The molecule has 0 aliphatic carbocycles. The molecule has 9 heteroatoms. The number of rotatable bonds is 6. The van der Waals surface area contributed by atoms with E-state index in [1.807, 2.05) is 29.5 Å². The third-order valence-corrected chi connectivity index (χ3v) is 4.05. The number of halogens is 3. The monoisotopic (exact) mass is 493 g/mol. The van der Waals surface area contributed by atoms with Crippen LogP contribution < -0.4 is 11.6 Å². The summed E-state index contributed by atoms with van der Waals surface area (Å²) in [5.74, 6) is 4.24. The number of benzene rings is 1. The minimum Gasteiger partial charge on any atom is -0.404 e. The molecule has 23 heavy (non-hydrogen) atoms. The number of ketones is 1. The largest absolute Gasteiger partial charge is 0.404 e. The van der Waals surface area contributed by atoms with E-state index in [2.05, 4.69) is 31.0 Å². The van der Waals surface area contributed by atoms with Gasteiger partial charge in [-0.1, -0.05) is 0 Å². The average Bonchev–Trinajstić information content (AvgIpc) is 2.50. The Morgan fingerprint density at radius 1 is 1.48 bits per heavy atom. The minimum atomic E-state index is -0.508. The van der Waals surface area contributed by atoms with Gasteiger partial charge in [0.25, 0.3) is 0 Å². The SMILES string of the molecule is CCN=C(Br)C(=CN)C(=O)C(C=NN)=Nc1ccc(F)cc1I. The van der Waals surface area contributed by atoms with E-state index < -0.39 is 11.6 Å². The van der Waals surface area contributed by atoms with E-state index in [0.717, 1.165) is 12.4 Å². The summed E-state index contributed by atoms with van der Waals surface area (Å²) < 4.78 is 14.0. The molecule has 0 unspecified atom stereocenters. The van der Waals surface area contributed by atoms with Crippen molar-refractivity contribution < 1.29 is 9.18 Å². The fraction of sp³-hybridized carbons (Fsp3) is 0.143. The van der Waals surface area contributed by atoms with Gasteiger partial charge in [-0.15, -0.1) is 0 Å². The van der Waals surface area contributed by atoms with E-state index in [4.69, 9.17) is 11.6 Å². The van der Waals surface area contributed by atoms with E-state index in [0.29, 0.717) is 20.4 Å². The maximum Gasteiger partial charge on any atom is 0.217 e. The summed E-state index contributed by atoms with van der Waals surface area (Å²) in [6.07, 6.45) is 2.23. The molecule has 6 nitrogen and oxygen atoms in total. The highest BCUT2D eigenvalue weighted by Crippen LogP contribution is 2.22. The van der Waals surface area contributed by atoms with Crippen molar-refractivity contribution in [2.24, 2.45) is 26.7 Å². The number of carbonyl (C=O) groups excluding carboxylic acids is 1. The third-order valence-electron chi connectivity index (χ3n) is 2.51. The molecule has 0 heterocycles. The lowest BCUT2D eigenvalue weighted by atomic mass is 10.1. The van der Waals surface area contributed by atoms with Crippen LogP contribution in [0.3, 0.4) is 0 Å². The molecular weight excluding hydrogens is 480 g/mol. The van der Waals surface area contributed by atoms with E-state index >= 15 is 0 Å². The molecule has 0 aliphatic heterocycles. The summed E-state index contributed by atoms with van der Waals surface area (Å²) in [6, 6.07) is 4.00. The minimum absolute atomic E-state index is 0.0445. The Hall–Kier alpha value is -1.62. The van der Waals surface area contributed by atoms with Crippen LogP contribution in [-0.2, 0) is 4.79 Å². The molecule has 0 saturated heterocycles. The standard InChI is InChI=1S/C14H14BrFIN5O/c1-2-20-14(15)9(6-18)13(23)12(7-21-19)22-11-4-3-8(16)5-10(11)17/h3-7H,2,18-19H2,1H3. The molecule has 0 amide bonds. The first-order valence-corrected chi connectivity index (χ1v) is 8.25. The maximum absolute atomic E-state index is 13.2. The summed E-state index contributed by atoms with van der Waals surface area (Å²) in [7, 11) is 0. The molecule has 122 valence electrons. The van der Waals surface area contributed by atoms with Gasteiger partial charge in [0.05, 0.1) is 17.5 Å². The zero-order valence-corrected chi connectivity index (χ0v) is 15.9. The van der Waals surface area contributed by atoms with Crippen molar-refractivity contribution in [3.63, 3.8) is 0 Å². The first-order valence-electron chi connectivity index (χ1n) is 6.38. The normalized spacial score (nSPS) is 13.7. The van der Waals surface area contributed by atoms with Crippen molar-refractivity contribution in [2.45, 2.75) is 6.92 Å². The van der Waals surface area contributed by atoms with Crippen LogP contribution in [0.2, 0.25) is 0 Å². The first kappa shape index (κ1) is 19.4. The first-order chi connectivity index (χ1) is 10.9. The molecule has 0 saturated carbocycles. The Balaban J connectivity index is 3.32. The molecule has 0 spiro atoms. The Bertz CT molecular complexity index is 715. The zero-order valence-electron chi connectivity index (χ0n) is 12.1. The third kappa shape index (κ3) is 5.50. The van der Waals surface area contributed by atoms with E-state index in [1.54, 1.807) is 0 Å². The van der Waals surface area contributed by atoms with Crippen molar-refractivity contribution in [3.05, 3.63) is 39.4 Å². The number of carbonyl (C=O) groups is 1. The van der Waals surface area contributed by atoms with Gasteiger partial charge in [0.2, 0.25) is 5.78 Å². The molecule has 0 bridgehead atoms. The fourth-order valence-electron chi connectivity index (χ4n) is 1.51. The lowest BCUT2D eigenvalue weighted by Crippen LogP contribution is -2.22. The highest BCUT2D eigenvalue weighted by atomic mass is 127. The second-order valence-corrected chi connectivity index (χ2v) is 5.96. The second kappa shape index (κ2) is 9.50. The van der Waals surface area contributed by atoms with Crippen molar-refractivity contribution in [3.8, 4) is 0 Å².